The Kier molecular flexibility index (Phi) is 4.44. The summed E-state index contributed by atoms with van der Waals surface area (Å²) in [7, 11) is 0. The quantitative estimate of drug-likeness (QED) is 0.710. The third-order valence-electron chi connectivity index (χ3n) is 3.67. The molecule has 1 aromatic carbocycles. The maximum absolute atomic E-state index is 12.1. The molecule has 3 heterocycles. The number of carbonyl (C=O) groups excluding carboxylic acids is 2. The number of fused-ring (bicyclic) bond motifs is 1. The van der Waals surface area contributed by atoms with Crippen LogP contribution >= 0.6 is 11.8 Å². The second-order valence-corrected chi connectivity index (χ2v) is 6.60. The molecule has 0 saturated carbocycles. The highest BCUT2D eigenvalue weighted by atomic mass is 32.2. The van der Waals surface area contributed by atoms with Gasteiger partial charge in [0.2, 0.25) is 23.5 Å². The van der Waals surface area contributed by atoms with Crippen LogP contribution in [-0.4, -0.2) is 27.7 Å². The van der Waals surface area contributed by atoms with E-state index in [0.717, 1.165) is 4.90 Å². The SMILES string of the molecule is O=C(CCc1nc(-c2ccco2)no1)Nc1ccc2c(c1)NC(=O)CS2. The van der Waals surface area contributed by atoms with Crippen LogP contribution in [0.2, 0.25) is 0 Å². The second-order valence-electron chi connectivity index (χ2n) is 5.58. The number of aromatic nitrogens is 2. The van der Waals surface area contributed by atoms with Gasteiger partial charge >= 0.3 is 0 Å². The van der Waals surface area contributed by atoms with E-state index in [9.17, 15) is 9.59 Å². The van der Waals surface area contributed by atoms with Crippen LogP contribution in [0, 0.1) is 0 Å². The van der Waals surface area contributed by atoms with Crippen molar-refractivity contribution >= 4 is 35.0 Å². The van der Waals surface area contributed by atoms with E-state index in [1.165, 1.54) is 18.0 Å². The standard InChI is InChI=1S/C17H14N4O4S/c22-14(5-6-16-20-17(21-25-16)12-2-1-7-24-12)18-10-3-4-13-11(8-10)19-15(23)9-26-13/h1-4,7-8H,5-6,9H2,(H,18,22)(H,19,23). The van der Waals surface area contributed by atoms with E-state index in [-0.39, 0.29) is 18.2 Å². The van der Waals surface area contributed by atoms with E-state index in [0.29, 0.717) is 41.0 Å². The fourth-order valence-corrected chi connectivity index (χ4v) is 3.26. The molecule has 1 aliphatic rings. The molecule has 0 spiro atoms. The summed E-state index contributed by atoms with van der Waals surface area (Å²) in [6.07, 6.45) is 2.04. The highest BCUT2D eigenvalue weighted by Gasteiger charge is 2.16. The number of hydrogen-bond acceptors (Lipinski definition) is 7. The van der Waals surface area contributed by atoms with E-state index in [1.54, 1.807) is 18.2 Å². The minimum Gasteiger partial charge on any atom is -0.461 e. The zero-order chi connectivity index (χ0) is 17.9. The molecule has 0 bridgehead atoms. The van der Waals surface area contributed by atoms with Gasteiger partial charge in [-0.3, -0.25) is 9.59 Å². The molecule has 0 unspecified atom stereocenters. The molecule has 0 radical (unpaired) electrons. The number of anilines is 2. The first-order chi connectivity index (χ1) is 12.7. The summed E-state index contributed by atoms with van der Waals surface area (Å²) >= 11 is 1.47. The van der Waals surface area contributed by atoms with Crippen LogP contribution in [-0.2, 0) is 16.0 Å². The molecule has 1 aliphatic heterocycles. The van der Waals surface area contributed by atoms with Crippen molar-refractivity contribution in [3.63, 3.8) is 0 Å². The lowest BCUT2D eigenvalue weighted by Crippen LogP contribution is -2.19. The fraction of sp³-hybridized carbons (Fsp3) is 0.176. The van der Waals surface area contributed by atoms with Crippen LogP contribution in [0.5, 0.6) is 0 Å². The molecule has 2 N–H and O–H groups in total. The molecule has 0 atom stereocenters. The first-order valence-corrected chi connectivity index (χ1v) is 8.89. The Morgan fingerprint density at radius 2 is 2.27 bits per heavy atom. The maximum Gasteiger partial charge on any atom is 0.238 e. The third kappa shape index (κ3) is 3.62. The largest absolute Gasteiger partial charge is 0.461 e. The van der Waals surface area contributed by atoms with E-state index in [4.69, 9.17) is 8.94 Å². The average molecular weight is 370 g/mol. The van der Waals surface area contributed by atoms with Gasteiger partial charge in [-0.1, -0.05) is 5.16 Å². The minimum absolute atomic E-state index is 0.0465. The number of benzene rings is 1. The van der Waals surface area contributed by atoms with Gasteiger partial charge in [-0.2, -0.15) is 4.98 Å². The zero-order valence-corrected chi connectivity index (χ0v) is 14.3. The highest BCUT2D eigenvalue weighted by molar-refractivity contribution is 8.00. The predicted octanol–water partition coefficient (Wildman–Crippen LogP) is 2.95. The van der Waals surface area contributed by atoms with Crippen LogP contribution in [0.25, 0.3) is 11.6 Å². The Balaban J connectivity index is 1.34. The molecule has 0 aliphatic carbocycles. The number of furan rings is 1. The number of thioether (sulfide) groups is 1. The molecule has 0 saturated heterocycles. The Morgan fingerprint density at radius 3 is 3.12 bits per heavy atom. The summed E-state index contributed by atoms with van der Waals surface area (Å²) in [5.74, 6) is 1.41. The molecule has 4 rings (SSSR count). The summed E-state index contributed by atoms with van der Waals surface area (Å²) < 4.78 is 10.3. The van der Waals surface area contributed by atoms with Crippen molar-refractivity contribution in [2.45, 2.75) is 17.7 Å². The molecule has 132 valence electrons. The fourth-order valence-electron chi connectivity index (χ4n) is 2.47. The molecule has 26 heavy (non-hydrogen) atoms. The molecule has 3 aromatic rings. The Bertz CT molecular complexity index is 952. The molecule has 2 aromatic heterocycles. The van der Waals surface area contributed by atoms with Gasteiger partial charge in [-0.15, -0.1) is 11.8 Å². The Hall–Kier alpha value is -3.07. The van der Waals surface area contributed by atoms with E-state index in [2.05, 4.69) is 20.8 Å². The van der Waals surface area contributed by atoms with Gasteiger partial charge in [0.1, 0.15) is 0 Å². The average Bonchev–Trinajstić information content (AvgIpc) is 3.31. The summed E-state index contributed by atoms with van der Waals surface area (Å²) in [6, 6.07) is 8.90. The van der Waals surface area contributed by atoms with Gasteiger partial charge in [-0.05, 0) is 30.3 Å². The van der Waals surface area contributed by atoms with Gasteiger partial charge < -0.3 is 19.6 Å². The van der Waals surface area contributed by atoms with Crippen molar-refractivity contribution in [1.29, 1.82) is 0 Å². The lowest BCUT2D eigenvalue weighted by Gasteiger charge is -2.17. The molecule has 2 amide bonds. The van der Waals surface area contributed by atoms with Crippen molar-refractivity contribution in [3.8, 4) is 11.6 Å². The van der Waals surface area contributed by atoms with Crippen molar-refractivity contribution in [3.05, 3.63) is 42.5 Å². The van der Waals surface area contributed by atoms with Crippen molar-refractivity contribution in [2.24, 2.45) is 0 Å². The normalized spacial score (nSPS) is 13.2. The maximum atomic E-state index is 12.1. The first-order valence-electron chi connectivity index (χ1n) is 7.90. The van der Waals surface area contributed by atoms with Gasteiger partial charge in [0, 0.05) is 23.4 Å². The van der Waals surface area contributed by atoms with E-state index < -0.39 is 0 Å². The summed E-state index contributed by atoms with van der Waals surface area (Å²) in [4.78, 5) is 28.8. The first kappa shape index (κ1) is 16.4. The van der Waals surface area contributed by atoms with Gasteiger partial charge in [0.25, 0.3) is 0 Å². The van der Waals surface area contributed by atoms with Gasteiger partial charge in [-0.25, -0.2) is 0 Å². The number of nitrogens with zero attached hydrogens (tertiary/aromatic N) is 2. The second kappa shape index (κ2) is 7.04. The topological polar surface area (TPSA) is 110 Å². The highest BCUT2D eigenvalue weighted by Crippen LogP contribution is 2.33. The number of amides is 2. The Labute approximate surface area is 152 Å². The number of carbonyl (C=O) groups is 2. The lowest BCUT2D eigenvalue weighted by molar-refractivity contribution is -0.116. The van der Waals surface area contributed by atoms with Crippen LogP contribution in [0.15, 0.2) is 50.4 Å². The Morgan fingerprint density at radius 1 is 1.35 bits per heavy atom. The van der Waals surface area contributed by atoms with Crippen LogP contribution in [0.4, 0.5) is 11.4 Å². The van der Waals surface area contributed by atoms with Gasteiger partial charge in [0.15, 0.2) is 5.76 Å². The molecule has 8 nitrogen and oxygen atoms in total. The number of hydrogen-bond donors (Lipinski definition) is 2. The lowest BCUT2D eigenvalue weighted by atomic mass is 10.2. The summed E-state index contributed by atoms with van der Waals surface area (Å²) in [5, 5.41) is 9.42. The summed E-state index contributed by atoms with van der Waals surface area (Å²) in [5.41, 5.74) is 1.34. The summed E-state index contributed by atoms with van der Waals surface area (Å²) in [6.45, 7) is 0. The van der Waals surface area contributed by atoms with Crippen LogP contribution < -0.4 is 10.6 Å². The molecular formula is C17H14N4O4S. The smallest absolute Gasteiger partial charge is 0.238 e. The van der Waals surface area contributed by atoms with Crippen LogP contribution in [0.1, 0.15) is 12.3 Å². The van der Waals surface area contributed by atoms with Gasteiger partial charge in [0.05, 0.1) is 17.7 Å². The molecule has 0 fully saturated rings. The van der Waals surface area contributed by atoms with Crippen LogP contribution in [0.3, 0.4) is 0 Å². The monoisotopic (exact) mass is 370 g/mol. The number of nitrogens with one attached hydrogen (secondary N) is 2. The van der Waals surface area contributed by atoms with Crippen molar-refractivity contribution in [1.82, 2.24) is 10.1 Å². The third-order valence-corrected chi connectivity index (χ3v) is 4.75. The van der Waals surface area contributed by atoms with Crippen molar-refractivity contribution < 1.29 is 18.5 Å². The zero-order valence-electron chi connectivity index (χ0n) is 13.5. The van der Waals surface area contributed by atoms with Crippen molar-refractivity contribution in [2.75, 3.05) is 16.4 Å². The minimum atomic E-state index is -0.183. The number of rotatable bonds is 5. The van der Waals surface area contributed by atoms with E-state index in [1.807, 2.05) is 12.1 Å². The van der Waals surface area contributed by atoms with E-state index >= 15 is 0 Å². The molecular weight excluding hydrogens is 356 g/mol. The molecule has 9 heteroatoms. The predicted molar refractivity (Wildman–Crippen MR) is 94.7 cm³/mol. The number of aryl methyl sites for hydroxylation is 1.